The number of hydrogen-bond donors (Lipinski definition) is 7. The maximum Gasteiger partial charge on any atom is 0.322 e. The molecular formula is C20H20O9. The average Bonchev–Trinajstić information content (AvgIpc) is 3.00. The lowest BCUT2D eigenvalue weighted by atomic mass is 9.81. The molecule has 4 rings (SSSR count). The molecule has 2 aliphatic heterocycles. The number of hydrogen-bond acceptors (Lipinski definition) is 9. The maximum atomic E-state index is 10.6. The van der Waals surface area contributed by atoms with E-state index in [-0.39, 0.29) is 16.9 Å². The van der Waals surface area contributed by atoms with Crippen LogP contribution in [0.4, 0.5) is 0 Å². The maximum absolute atomic E-state index is 10.6. The van der Waals surface area contributed by atoms with Gasteiger partial charge in [-0.2, -0.15) is 0 Å². The predicted molar refractivity (Wildman–Crippen MR) is 98.6 cm³/mol. The second-order valence-electron chi connectivity index (χ2n) is 6.97. The third kappa shape index (κ3) is 2.95. The molecule has 0 radical (unpaired) electrons. The summed E-state index contributed by atoms with van der Waals surface area (Å²) in [7, 11) is 0. The zero-order valence-electron chi connectivity index (χ0n) is 15.0. The van der Waals surface area contributed by atoms with Crippen molar-refractivity contribution < 1.29 is 45.2 Å². The van der Waals surface area contributed by atoms with Crippen molar-refractivity contribution in [3.63, 3.8) is 0 Å². The summed E-state index contributed by atoms with van der Waals surface area (Å²) in [6, 6.07) is 9.51. The Bertz CT molecular complexity index is 956. The van der Waals surface area contributed by atoms with Crippen molar-refractivity contribution in [3.8, 4) is 28.4 Å². The summed E-state index contributed by atoms with van der Waals surface area (Å²) < 4.78 is 10.8. The van der Waals surface area contributed by atoms with E-state index in [1.54, 1.807) is 30.3 Å². The number of aliphatic hydroxyl groups is 5. The number of aromatic hydroxyl groups is 2. The van der Waals surface area contributed by atoms with Crippen LogP contribution in [0, 0.1) is 0 Å². The first-order chi connectivity index (χ1) is 13.8. The predicted octanol–water partition coefficient (Wildman–Crippen LogP) is 1.01. The Hall–Kier alpha value is -2.98. The second kappa shape index (κ2) is 7.12. The molecule has 0 spiro atoms. The van der Waals surface area contributed by atoms with E-state index >= 15 is 0 Å². The third-order valence-corrected chi connectivity index (χ3v) is 5.28. The highest BCUT2D eigenvalue weighted by molar-refractivity contribution is 5.81. The van der Waals surface area contributed by atoms with E-state index in [1.807, 2.05) is 0 Å². The van der Waals surface area contributed by atoms with Gasteiger partial charge in [0.15, 0.2) is 17.3 Å². The molecule has 5 atom stereocenters. The second-order valence-corrected chi connectivity index (χ2v) is 6.97. The van der Waals surface area contributed by atoms with Gasteiger partial charge in [0.2, 0.25) is 0 Å². The molecule has 2 unspecified atom stereocenters. The van der Waals surface area contributed by atoms with Crippen molar-refractivity contribution in [1.29, 1.82) is 0 Å². The minimum atomic E-state index is -1.52. The van der Waals surface area contributed by atoms with E-state index in [9.17, 15) is 35.7 Å². The molecule has 1 fully saturated rings. The van der Waals surface area contributed by atoms with Crippen molar-refractivity contribution in [2.45, 2.75) is 30.3 Å². The van der Waals surface area contributed by atoms with Gasteiger partial charge in [-0.3, -0.25) is 0 Å². The Balaban J connectivity index is 1.95. The van der Waals surface area contributed by atoms with Crippen LogP contribution < -0.4 is 4.74 Å². The largest absolute Gasteiger partial charge is 0.505 e. The van der Waals surface area contributed by atoms with E-state index in [0.29, 0.717) is 5.56 Å². The van der Waals surface area contributed by atoms with Crippen LogP contribution in [-0.4, -0.2) is 66.8 Å². The lowest BCUT2D eigenvalue weighted by Crippen LogP contribution is -2.37. The smallest absolute Gasteiger partial charge is 0.322 e. The van der Waals surface area contributed by atoms with Crippen molar-refractivity contribution in [2.24, 2.45) is 0 Å². The molecule has 1 saturated heterocycles. The van der Waals surface area contributed by atoms with Crippen LogP contribution in [0.5, 0.6) is 17.2 Å². The van der Waals surface area contributed by atoms with E-state index in [0.717, 1.165) is 6.07 Å². The van der Waals surface area contributed by atoms with Gasteiger partial charge in [-0.15, -0.1) is 0 Å². The van der Waals surface area contributed by atoms with Gasteiger partial charge < -0.3 is 45.2 Å². The number of ether oxygens (including phenoxy) is 2. The molecule has 0 aliphatic carbocycles. The van der Waals surface area contributed by atoms with Crippen molar-refractivity contribution in [2.75, 3.05) is 6.61 Å². The Kier molecular flexibility index (Phi) is 4.75. The number of phenolic OH excluding ortho intramolecular Hbond substituents is 2. The van der Waals surface area contributed by atoms with Crippen LogP contribution in [0.1, 0.15) is 11.5 Å². The van der Waals surface area contributed by atoms with Crippen LogP contribution >= 0.6 is 0 Å². The molecule has 0 aromatic heterocycles. The molecule has 2 aromatic carbocycles. The molecule has 9 nitrogen and oxygen atoms in total. The molecule has 2 heterocycles. The minimum absolute atomic E-state index is 0.0720. The van der Waals surface area contributed by atoms with Gasteiger partial charge in [-0.1, -0.05) is 30.3 Å². The Labute approximate surface area is 164 Å². The van der Waals surface area contributed by atoms with Crippen molar-refractivity contribution in [3.05, 3.63) is 53.7 Å². The van der Waals surface area contributed by atoms with E-state index in [4.69, 9.17) is 9.47 Å². The quantitative estimate of drug-likeness (QED) is 0.370. The van der Waals surface area contributed by atoms with Crippen LogP contribution in [0.25, 0.3) is 11.1 Å². The fourth-order valence-corrected chi connectivity index (χ4v) is 3.89. The van der Waals surface area contributed by atoms with Crippen molar-refractivity contribution in [1.82, 2.24) is 0 Å². The highest BCUT2D eigenvalue weighted by atomic mass is 16.6. The monoisotopic (exact) mass is 404 g/mol. The van der Waals surface area contributed by atoms with Gasteiger partial charge in [-0.05, 0) is 5.56 Å². The summed E-state index contributed by atoms with van der Waals surface area (Å²) in [6.07, 6.45) is -5.34. The molecular weight excluding hydrogens is 384 g/mol. The lowest BCUT2D eigenvalue weighted by Gasteiger charge is -2.32. The SMILES string of the molecule is OC[C@H]1OC(C2C(O)=C(O)Oc3cc(O)c(O)c(-c4ccccc4)c32)[C@@H](O)[C@@H]1O. The van der Waals surface area contributed by atoms with E-state index in [2.05, 4.69) is 0 Å². The molecule has 0 saturated carbocycles. The molecule has 2 aromatic rings. The standard InChI is InChI=1S/C20H20O9/c21-7-11-16(24)18(26)19(28-11)14-13-10(29-20(27)17(14)25)6-9(22)15(23)12(13)8-4-2-1-3-5-8/h1-6,11,14,16,18-19,21-27H,7H2/t11-,14?,16-,18+,19?/m1/s1. The highest BCUT2D eigenvalue weighted by Crippen LogP contribution is 2.53. The van der Waals surface area contributed by atoms with Gasteiger partial charge >= 0.3 is 5.95 Å². The number of benzene rings is 2. The minimum Gasteiger partial charge on any atom is -0.505 e. The molecule has 0 bridgehead atoms. The Morgan fingerprint density at radius 1 is 0.931 bits per heavy atom. The fourth-order valence-electron chi connectivity index (χ4n) is 3.89. The zero-order chi connectivity index (χ0) is 20.9. The van der Waals surface area contributed by atoms with Gasteiger partial charge in [0.05, 0.1) is 12.5 Å². The molecule has 7 N–H and O–H groups in total. The van der Waals surface area contributed by atoms with E-state index < -0.39 is 60.1 Å². The van der Waals surface area contributed by atoms with Crippen LogP contribution in [0.15, 0.2) is 48.1 Å². The summed E-state index contributed by atoms with van der Waals surface area (Å²) in [5.74, 6) is -3.90. The molecule has 9 heteroatoms. The van der Waals surface area contributed by atoms with Crippen LogP contribution in [0.2, 0.25) is 0 Å². The number of rotatable bonds is 3. The average molecular weight is 404 g/mol. The molecule has 2 aliphatic rings. The molecule has 29 heavy (non-hydrogen) atoms. The summed E-state index contributed by atoms with van der Waals surface area (Å²) in [4.78, 5) is 0. The fraction of sp³-hybridized carbons (Fsp3) is 0.300. The summed E-state index contributed by atoms with van der Waals surface area (Å²) in [5, 5.41) is 71.3. The Morgan fingerprint density at radius 2 is 1.62 bits per heavy atom. The van der Waals surface area contributed by atoms with Gasteiger partial charge in [0, 0.05) is 17.2 Å². The Morgan fingerprint density at radius 3 is 2.24 bits per heavy atom. The normalized spacial score (nSPS) is 28.9. The first kappa shape index (κ1) is 19.3. The van der Waals surface area contributed by atoms with Crippen LogP contribution in [0.3, 0.4) is 0 Å². The van der Waals surface area contributed by atoms with E-state index in [1.165, 1.54) is 0 Å². The van der Waals surface area contributed by atoms with Gasteiger partial charge in [0.25, 0.3) is 0 Å². The summed E-state index contributed by atoms with van der Waals surface area (Å²) in [6.45, 7) is -0.576. The summed E-state index contributed by atoms with van der Waals surface area (Å²) >= 11 is 0. The molecule has 154 valence electrons. The van der Waals surface area contributed by atoms with Gasteiger partial charge in [0.1, 0.15) is 30.2 Å². The summed E-state index contributed by atoms with van der Waals surface area (Å²) in [5.41, 5.74) is 0.700. The lowest BCUT2D eigenvalue weighted by molar-refractivity contribution is -0.0339. The first-order valence-corrected chi connectivity index (χ1v) is 8.91. The third-order valence-electron chi connectivity index (χ3n) is 5.28. The first-order valence-electron chi connectivity index (χ1n) is 8.91. The zero-order valence-corrected chi connectivity index (χ0v) is 15.0. The van der Waals surface area contributed by atoms with Crippen LogP contribution in [-0.2, 0) is 4.74 Å². The highest BCUT2D eigenvalue weighted by Gasteiger charge is 2.51. The number of fused-ring (bicyclic) bond motifs is 1. The van der Waals surface area contributed by atoms with Crippen molar-refractivity contribution >= 4 is 0 Å². The topological polar surface area (TPSA) is 160 Å². The van der Waals surface area contributed by atoms with Gasteiger partial charge in [-0.25, -0.2) is 0 Å². The number of aliphatic hydroxyl groups excluding tert-OH is 5. The molecule has 0 amide bonds. The number of phenols is 2.